The van der Waals surface area contributed by atoms with Gasteiger partial charge < -0.3 is 16.0 Å². The van der Waals surface area contributed by atoms with E-state index in [2.05, 4.69) is 24.1 Å². The Balaban J connectivity index is 2.61. The van der Waals surface area contributed by atoms with Gasteiger partial charge in [-0.3, -0.25) is 0 Å². The summed E-state index contributed by atoms with van der Waals surface area (Å²) in [5.41, 5.74) is 6.53. The number of nitrogens with zero attached hydrogens (tertiary/aromatic N) is 1. The van der Waals surface area contributed by atoms with E-state index in [1.165, 1.54) is 6.07 Å². The van der Waals surface area contributed by atoms with Crippen LogP contribution in [-0.2, 0) is 0 Å². The Bertz CT molecular complexity index is 375. The van der Waals surface area contributed by atoms with E-state index in [4.69, 9.17) is 5.73 Å². The van der Waals surface area contributed by atoms with E-state index < -0.39 is 0 Å². The van der Waals surface area contributed by atoms with Gasteiger partial charge in [-0.25, -0.2) is 4.39 Å². The summed E-state index contributed by atoms with van der Waals surface area (Å²) in [5, 5.41) is 3.13. The Kier molecular flexibility index (Phi) is 4.34. The number of halogens is 1. The molecule has 0 aliphatic rings. The smallest absolute Gasteiger partial charge is 0.148 e. The van der Waals surface area contributed by atoms with Crippen LogP contribution in [0, 0.1) is 11.2 Å². The van der Waals surface area contributed by atoms with Crippen molar-refractivity contribution in [3.63, 3.8) is 0 Å². The summed E-state index contributed by atoms with van der Waals surface area (Å²) in [6.45, 7) is 5.95. The minimum absolute atomic E-state index is 0.0807. The number of nitrogens with one attached hydrogen (secondary N) is 1. The zero-order chi connectivity index (χ0) is 13.1. The van der Waals surface area contributed by atoms with Crippen molar-refractivity contribution in [2.45, 2.75) is 13.8 Å². The molecule has 0 fully saturated rings. The van der Waals surface area contributed by atoms with Gasteiger partial charge in [0.05, 0.1) is 5.69 Å². The highest BCUT2D eigenvalue weighted by molar-refractivity contribution is 5.52. The number of hydrogen-bond donors (Lipinski definition) is 2. The second kappa shape index (κ2) is 5.36. The van der Waals surface area contributed by atoms with Crippen LogP contribution in [0.4, 0.5) is 15.8 Å². The van der Waals surface area contributed by atoms with Crippen molar-refractivity contribution in [2.75, 3.05) is 38.2 Å². The lowest BCUT2D eigenvalue weighted by atomic mass is 9.93. The Morgan fingerprint density at radius 2 is 2.00 bits per heavy atom. The first kappa shape index (κ1) is 13.8. The Labute approximate surface area is 103 Å². The molecule has 0 aromatic heterocycles. The van der Waals surface area contributed by atoms with Gasteiger partial charge in [0.2, 0.25) is 0 Å². The summed E-state index contributed by atoms with van der Waals surface area (Å²) < 4.78 is 13.5. The average molecular weight is 239 g/mol. The Morgan fingerprint density at radius 1 is 1.35 bits per heavy atom. The molecule has 0 aliphatic carbocycles. The summed E-state index contributed by atoms with van der Waals surface area (Å²) in [6.07, 6.45) is 0. The lowest BCUT2D eigenvalue weighted by Gasteiger charge is -2.29. The van der Waals surface area contributed by atoms with Gasteiger partial charge >= 0.3 is 0 Å². The number of rotatable bonds is 5. The largest absolute Gasteiger partial charge is 0.399 e. The van der Waals surface area contributed by atoms with Gasteiger partial charge in [0.1, 0.15) is 5.82 Å². The summed E-state index contributed by atoms with van der Waals surface area (Å²) >= 11 is 0. The molecule has 1 aromatic carbocycles. The van der Waals surface area contributed by atoms with E-state index in [1.807, 2.05) is 14.1 Å². The van der Waals surface area contributed by atoms with Gasteiger partial charge in [-0.05, 0) is 37.7 Å². The summed E-state index contributed by atoms with van der Waals surface area (Å²) in [7, 11) is 4.07. The van der Waals surface area contributed by atoms with Crippen molar-refractivity contribution in [1.29, 1.82) is 0 Å². The Morgan fingerprint density at radius 3 is 2.53 bits per heavy atom. The standard InChI is InChI=1S/C13H22FN3/c1-13(2,9-17(3)4)8-16-12-6-5-10(15)7-11(12)14/h5-7,16H,8-9,15H2,1-4H3. The van der Waals surface area contributed by atoms with Gasteiger partial charge in [-0.15, -0.1) is 0 Å². The monoisotopic (exact) mass is 239 g/mol. The maximum absolute atomic E-state index is 13.5. The first-order valence-corrected chi connectivity index (χ1v) is 5.74. The maximum atomic E-state index is 13.5. The minimum atomic E-state index is -0.300. The van der Waals surface area contributed by atoms with Crippen LogP contribution in [0.2, 0.25) is 0 Å². The lowest BCUT2D eigenvalue weighted by Crippen LogP contribution is -2.34. The van der Waals surface area contributed by atoms with Gasteiger partial charge in [0.25, 0.3) is 0 Å². The van der Waals surface area contributed by atoms with E-state index in [1.54, 1.807) is 12.1 Å². The van der Waals surface area contributed by atoms with Crippen molar-refractivity contribution in [3.8, 4) is 0 Å². The molecule has 0 aliphatic heterocycles. The van der Waals surface area contributed by atoms with Crippen LogP contribution in [0.25, 0.3) is 0 Å². The van der Waals surface area contributed by atoms with E-state index in [9.17, 15) is 4.39 Å². The van der Waals surface area contributed by atoms with Crippen molar-refractivity contribution in [1.82, 2.24) is 4.90 Å². The van der Waals surface area contributed by atoms with Gasteiger partial charge in [0.15, 0.2) is 0 Å². The highest BCUT2D eigenvalue weighted by Gasteiger charge is 2.19. The molecular weight excluding hydrogens is 217 g/mol. The highest BCUT2D eigenvalue weighted by Crippen LogP contribution is 2.21. The normalized spacial score (nSPS) is 11.9. The van der Waals surface area contributed by atoms with E-state index >= 15 is 0 Å². The van der Waals surface area contributed by atoms with Crippen molar-refractivity contribution in [2.24, 2.45) is 5.41 Å². The number of hydrogen-bond acceptors (Lipinski definition) is 3. The van der Waals surface area contributed by atoms with Crippen molar-refractivity contribution < 1.29 is 4.39 Å². The molecule has 0 atom stereocenters. The maximum Gasteiger partial charge on any atom is 0.148 e. The fourth-order valence-corrected chi connectivity index (χ4v) is 1.92. The highest BCUT2D eigenvalue weighted by atomic mass is 19.1. The fourth-order valence-electron chi connectivity index (χ4n) is 1.92. The first-order chi connectivity index (χ1) is 7.80. The van der Waals surface area contributed by atoms with Crippen molar-refractivity contribution in [3.05, 3.63) is 24.0 Å². The second-order valence-electron chi connectivity index (χ2n) is 5.49. The first-order valence-electron chi connectivity index (χ1n) is 5.74. The number of nitrogens with two attached hydrogens (primary N) is 1. The molecule has 0 saturated carbocycles. The Hall–Kier alpha value is -1.29. The van der Waals surface area contributed by atoms with Gasteiger partial charge in [-0.2, -0.15) is 0 Å². The molecule has 3 N–H and O–H groups in total. The van der Waals surface area contributed by atoms with E-state index in [0.29, 0.717) is 17.9 Å². The quantitative estimate of drug-likeness (QED) is 0.775. The van der Waals surface area contributed by atoms with E-state index in [-0.39, 0.29) is 11.2 Å². The molecule has 0 spiro atoms. The predicted molar refractivity (Wildman–Crippen MR) is 71.6 cm³/mol. The molecule has 0 unspecified atom stereocenters. The third-order valence-electron chi connectivity index (χ3n) is 2.49. The van der Waals surface area contributed by atoms with Crippen LogP contribution in [0.5, 0.6) is 0 Å². The zero-order valence-corrected chi connectivity index (χ0v) is 11.0. The molecule has 96 valence electrons. The number of anilines is 2. The summed E-state index contributed by atoms with van der Waals surface area (Å²) in [6, 6.07) is 4.71. The summed E-state index contributed by atoms with van der Waals surface area (Å²) in [5.74, 6) is -0.300. The molecule has 4 heteroatoms. The van der Waals surface area contributed by atoms with Crippen LogP contribution in [0.15, 0.2) is 18.2 Å². The third-order valence-corrected chi connectivity index (χ3v) is 2.49. The lowest BCUT2D eigenvalue weighted by molar-refractivity contribution is 0.254. The van der Waals surface area contributed by atoms with Crippen LogP contribution >= 0.6 is 0 Å². The topological polar surface area (TPSA) is 41.3 Å². The number of benzene rings is 1. The molecule has 0 amide bonds. The molecular formula is C13H22FN3. The average Bonchev–Trinajstić information content (AvgIpc) is 2.14. The van der Waals surface area contributed by atoms with Gasteiger partial charge in [0, 0.05) is 18.8 Å². The minimum Gasteiger partial charge on any atom is -0.399 e. The van der Waals surface area contributed by atoms with Crippen LogP contribution in [-0.4, -0.2) is 32.1 Å². The predicted octanol–water partition coefficient (Wildman–Crippen LogP) is 2.41. The van der Waals surface area contributed by atoms with Crippen LogP contribution in [0.1, 0.15) is 13.8 Å². The molecule has 17 heavy (non-hydrogen) atoms. The number of nitrogen functional groups attached to an aromatic ring is 1. The second-order valence-corrected chi connectivity index (χ2v) is 5.49. The van der Waals surface area contributed by atoms with Crippen LogP contribution < -0.4 is 11.1 Å². The summed E-state index contributed by atoms with van der Waals surface area (Å²) in [4.78, 5) is 2.13. The molecule has 1 aromatic rings. The van der Waals surface area contributed by atoms with Crippen LogP contribution in [0.3, 0.4) is 0 Å². The molecule has 1 rings (SSSR count). The molecule has 0 saturated heterocycles. The molecule has 0 radical (unpaired) electrons. The molecule has 0 bridgehead atoms. The van der Waals surface area contributed by atoms with E-state index in [0.717, 1.165) is 6.54 Å². The van der Waals surface area contributed by atoms with Gasteiger partial charge in [-0.1, -0.05) is 13.8 Å². The van der Waals surface area contributed by atoms with Crippen molar-refractivity contribution >= 4 is 11.4 Å². The SMILES string of the molecule is CN(C)CC(C)(C)CNc1ccc(N)cc1F. The molecule has 3 nitrogen and oxygen atoms in total. The zero-order valence-electron chi connectivity index (χ0n) is 11.0. The third kappa shape index (κ3) is 4.61. The molecule has 0 heterocycles. The fraction of sp³-hybridized carbons (Fsp3) is 0.538.